The van der Waals surface area contributed by atoms with E-state index in [9.17, 15) is 34.3 Å². The number of hydrogen-bond acceptors (Lipinski definition) is 23. The largest absolute Gasteiger partial charge is 0.465 e. The van der Waals surface area contributed by atoms with Crippen LogP contribution in [0.1, 0.15) is 170 Å². The normalized spacial score (nSPS) is 13.1. The molecule has 2 aliphatic heterocycles. The molecule has 108 heavy (non-hydrogen) atoms. The summed E-state index contributed by atoms with van der Waals surface area (Å²) in [4.78, 5) is 87.8. The number of pyridine rings is 6. The smallest absolute Gasteiger partial charge is 0.320 e. The summed E-state index contributed by atoms with van der Waals surface area (Å²) in [7, 11) is 6.57. The first kappa shape index (κ1) is 99.5. The van der Waals surface area contributed by atoms with Gasteiger partial charge < -0.3 is 34.1 Å². The van der Waals surface area contributed by atoms with Crippen LogP contribution >= 0.6 is 122 Å². The number of alkyl halides is 3. The summed E-state index contributed by atoms with van der Waals surface area (Å²) in [5.41, 5.74) is 4.78. The number of Topliss-reactive ketones (excluding diaryl/α,β-unsaturated/α-hetero) is 1. The molecular weight excluding hydrogens is 1820 g/mol. The Morgan fingerprint density at radius 1 is 0.713 bits per heavy atom. The molecule has 0 radical (unpaired) electrons. The number of amides is 1. The van der Waals surface area contributed by atoms with Crippen molar-refractivity contribution in [2.24, 2.45) is 11.8 Å². The van der Waals surface area contributed by atoms with Crippen LogP contribution in [-0.4, -0.2) is 130 Å². The summed E-state index contributed by atoms with van der Waals surface area (Å²) in [5.74, 6) is 1.76. The Morgan fingerprint density at radius 2 is 1.16 bits per heavy atom. The topological polar surface area (TPSA) is 330 Å². The average molecular weight is 1910 g/mol. The molecule has 0 spiro atoms. The molecule has 0 fully saturated rings. The Labute approximate surface area is 696 Å². The van der Waals surface area contributed by atoms with E-state index in [-0.39, 0.29) is 34.5 Å². The van der Waals surface area contributed by atoms with Crippen molar-refractivity contribution in [2.75, 3.05) is 56.9 Å². The lowest BCUT2D eigenvalue weighted by Gasteiger charge is -2.23. The molecular formula is C77H94Br4ClIN12O11S2. The van der Waals surface area contributed by atoms with Crippen LogP contribution < -0.4 is 10.9 Å². The highest BCUT2D eigenvalue weighted by atomic mass is 127. The van der Waals surface area contributed by atoms with Gasteiger partial charge in [-0.2, -0.15) is 15.8 Å². The van der Waals surface area contributed by atoms with Crippen LogP contribution in [0.25, 0.3) is 16.8 Å². The zero-order valence-electron chi connectivity index (χ0n) is 64.1. The van der Waals surface area contributed by atoms with Crippen LogP contribution in [0.5, 0.6) is 0 Å². The summed E-state index contributed by atoms with van der Waals surface area (Å²) in [6, 6.07) is 27.6. The lowest BCUT2D eigenvalue weighted by Crippen LogP contribution is -2.34. The fourth-order valence-corrected chi connectivity index (χ4v) is 10.7. The standard InChI is InChI=1S/C18H20N4O2S.C15H15N3O2S.C10H13NO2.C9H12BrNO.C8H10BrNO.C7H6BrNO.C5H7NO2.C4H8BrCl.CH3I/c1-11-9-22-16(23)13(7-19)15(21-17(22)25-10-11)12-5-6-14(20-8-12)18(2,3)24-4;1-15(2,20-3)12-5-4-9(8-17-12)10-6-13(21)18-14(19)11(10)7-16;1-10(2,13-3)9-5-4-8(7-12)6-11-9;1-9(2,12-3)8-5-4-7(10)6-11-8;1-8(2,11)7-4-3-6(9)5-10-7;1-5(10)7-3-2-6(8)4-9-7;1-2-8-5(7)3-4-6;1-4(2-5)3-6;1-2/h5-6,8,11H,9-10H2,1-4H3;4-5,8H,6H2,1-3H3,(H,18,19,21);4-7H,1-3H3;4-6H,1-3H3;3-5,11H,1-2H3;2-4H,1H3;2-3H2,1H3;4H,2-3H2,1H3;1H3. The van der Waals surface area contributed by atoms with Gasteiger partial charge in [0.15, 0.2) is 17.2 Å². The third-order valence-electron chi connectivity index (χ3n) is 15.3. The predicted molar refractivity (Wildman–Crippen MR) is 450 cm³/mol. The lowest BCUT2D eigenvalue weighted by molar-refractivity contribution is -0.141. The number of hydrogen-bond donors (Lipinski definition) is 2. The number of thioether (sulfide) groups is 1. The molecule has 0 bridgehead atoms. The molecule has 0 aromatic carbocycles. The van der Waals surface area contributed by atoms with E-state index in [0.29, 0.717) is 75.3 Å². The van der Waals surface area contributed by atoms with Gasteiger partial charge >= 0.3 is 5.97 Å². The van der Waals surface area contributed by atoms with Gasteiger partial charge in [0.05, 0.1) is 51.8 Å². The number of rotatable bonds is 17. The molecule has 2 N–H and O–H groups in total. The van der Waals surface area contributed by atoms with Crippen LogP contribution in [0.4, 0.5) is 0 Å². The van der Waals surface area contributed by atoms with Gasteiger partial charge in [0, 0.05) is 127 Å². The number of carbonyl (C=O) groups excluding carboxylic acids is 4. The summed E-state index contributed by atoms with van der Waals surface area (Å²) in [5, 5.41) is 40.2. The number of ether oxygens (including phenoxy) is 5. The Bertz CT molecular complexity index is 4230. The van der Waals surface area contributed by atoms with Crippen LogP contribution in [0.3, 0.4) is 0 Å². The number of ketones is 1. The second kappa shape index (κ2) is 49.7. The van der Waals surface area contributed by atoms with E-state index in [2.05, 4.69) is 145 Å². The number of nitriles is 3. The molecule has 0 saturated carbocycles. The third kappa shape index (κ3) is 34.0. The number of fused-ring (bicyclic) bond motifs is 1. The van der Waals surface area contributed by atoms with Crippen molar-refractivity contribution in [3.05, 3.63) is 190 Å². The van der Waals surface area contributed by atoms with E-state index >= 15 is 0 Å². The predicted octanol–water partition coefficient (Wildman–Crippen LogP) is 17.3. The summed E-state index contributed by atoms with van der Waals surface area (Å²) in [6.45, 7) is 27.3. The van der Waals surface area contributed by atoms with Gasteiger partial charge in [-0.15, -0.1) is 11.6 Å². The molecule has 582 valence electrons. The second-order valence-electron chi connectivity index (χ2n) is 25.7. The highest BCUT2D eigenvalue weighted by Gasteiger charge is 2.29. The quantitative estimate of drug-likeness (QED) is 0.0163. The number of nitrogens with zero attached hydrogens (tertiary/aromatic N) is 11. The lowest BCUT2D eigenvalue weighted by atomic mass is 9.94. The first-order valence-electron chi connectivity index (χ1n) is 33.1. The molecule has 23 nitrogen and oxygen atoms in total. The number of aliphatic hydroxyl groups is 1. The van der Waals surface area contributed by atoms with Crippen molar-refractivity contribution in [1.82, 2.24) is 44.8 Å². The van der Waals surface area contributed by atoms with E-state index in [4.69, 9.17) is 53.3 Å². The number of thiocarbonyl (C=S) groups is 1. The number of aromatic nitrogens is 8. The van der Waals surface area contributed by atoms with E-state index in [1.807, 2.05) is 115 Å². The molecule has 7 aromatic heterocycles. The second-order valence-corrected chi connectivity index (χ2v) is 30.8. The molecule has 1 amide bonds. The highest BCUT2D eigenvalue weighted by molar-refractivity contribution is 14.1. The van der Waals surface area contributed by atoms with E-state index in [1.165, 1.54) is 6.92 Å². The Morgan fingerprint density at radius 3 is 1.50 bits per heavy atom. The van der Waals surface area contributed by atoms with Crippen LogP contribution in [0.15, 0.2) is 139 Å². The Balaban J connectivity index is 0.000000639. The number of aldehydes is 1. The minimum atomic E-state index is -0.847. The van der Waals surface area contributed by atoms with Crippen LogP contribution in [-0.2, 0) is 67.8 Å². The van der Waals surface area contributed by atoms with Crippen LogP contribution in [0, 0.1) is 45.8 Å². The summed E-state index contributed by atoms with van der Waals surface area (Å²) in [6.07, 6.45) is 10.9. The fraction of sp³-hybridized carbons (Fsp3) is 0.429. The van der Waals surface area contributed by atoms with Crippen molar-refractivity contribution in [3.8, 4) is 29.5 Å². The summed E-state index contributed by atoms with van der Waals surface area (Å²) >= 11 is 27.3. The van der Waals surface area contributed by atoms with E-state index in [0.717, 1.165) is 65.0 Å². The van der Waals surface area contributed by atoms with Crippen molar-refractivity contribution >= 4 is 156 Å². The number of esters is 1. The maximum Gasteiger partial charge on any atom is 0.320 e. The van der Waals surface area contributed by atoms with Crippen molar-refractivity contribution in [2.45, 2.75) is 149 Å². The molecule has 2 unspecified atom stereocenters. The van der Waals surface area contributed by atoms with E-state index in [1.54, 1.807) is 139 Å². The number of nitrogens with one attached hydrogen (secondary N) is 1. The molecule has 31 heteroatoms. The molecule has 7 aromatic rings. The average Bonchev–Trinajstić information content (AvgIpc) is 0.775. The number of carbonyl (C=O) groups is 4. The minimum Gasteiger partial charge on any atom is -0.465 e. The minimum absolute atomic E-state index is 0.00694. The maximum atomic E-state index is 12.7. The zero-order valence-corrected chi connectivity index (χ0v) is 75.0. The molecule has 9 rings (SSSR count). The van der Waals surface area contributed by atoms with Gasteiger partial charge in [-0.05, 0) is 219 Å². The third-order valence-corrected chi connectivity index (χ3v) is 19.9. The van der Waals surface area contributed by atoms with Crippen molar-refractivity contribution in [3.63, 3.8) is 0 Å². The van der Waals surface area contributed by atoms with Gasteiger partial charge in [0.2, 0.25) is 0 Å². The molecule has 2 aliphatic rings. The monoisotopic (exact) mass is 1900 g/mol. The first-order chi connectivity index (χ1) is 50.7. The number of methoxy groups -OCH3 is 4. The van der Waals surface area contributed by atoms with Gasteiger partial charge in [0.25, 0.3) is 11.5 Å². The fourth-order valence-electron chi connectivity index (χ4n) is 8.12. The van der Waals surface area contributed by atoms with Gasteiger partial charge in [0.1, 0.15) is 63.4 Å². The van der Waals surface area contributed by atoms with Crippen LogP contribution in [0.2, 0.25) is 0 Å². The van der Waals surface area contributed by atoms with Gasteiger partial charge in [-0.3, -0.25) is 58.4 Å². The Kier molecular flexibility index (Phi) is 45.7. The van der Waals surface area contributed by atoms with E-state index < -0.39 is 34.3 Å². The molecule has 9 heterocycles. The van der Waals surface area contributed by atoms with Gasteiger partial charge in [-0.25, -0.2) is 4.98 Å². The van der Waals surface area contributed by atoms with Crippen molar-refractivity contribution < 1.29 is 48.0 Å². The zero-order chi connectivity index (χ0) is 82.3. The SMILES string of the molecule is CC(=O)c1ccc(Br)cn1.CC(C)(O)c1ccc(Br)cn1.CC(CCl)CBr.CCOC(=O)CC#N.CI.COC(C)(C)c1ccc(-c2nc3n(c(=O)c2C#N)CC(C)CS3)cn1.COC(C)(C)c1ccc(Br)cn1.COC(C)(C)c1ccc(C2=C(C#N)C(=O)NC(=S)C2)cn1.COC(C)(C)c1ccc(C=O)cn1. The highest BCUT2D eigenvalue weighted by Crippen LogP contribution is 2.32. The molecule has 2 atom stereocenters. The molecule has 0 saturated heterocycles. The number of halogens is 6. The maximum absolute atomic E-state index is 12.7. The summed E-state index contributed by atoms with van der Waals surface area (Å²) < 4.78 is 30.2. The molecule has 0 aliphatic carbocycles. The first-order valence-corrected chi connectivity index (χ1v) is 40.6. The van der Waals surface area contributed by atoms with Crippen molar-refractivity contribution in [1.29, 1.82) is 15.8 Å². The van der Waals surface area contributed by atoms with Gasteiger partial charge in [-0.1, -0.05) is 82.4 Å². The Hall–Kier alpha value is -6.55.